The summed E-state index contributed by atoms with van der Waals surface area (Å²) < 4.78 is 0. The number of primary amides is 1. The van der Waals surface area contributed by atoms with Crippen molar-refractivity contribution in [2.45, 2.75) is 81.2 Å². The molecule has 2 aliphatic rings. The van der Waals surface area contributed by atoms with Crippen LogP contribution < -0.4 is 21.7 Å². The van der Waals surface area contributed by atoms with Gasteiger partial charge in [0, 0.05) is 12.5 Å². The lowest BCUT2D eigenvalue weighted by Crippen LogP contribution is -2.64. The third kappa shape index (κ3) is 9.93. The maximum absolute atomic E-state index is 14.4. The second kappa shape index (κ2) is 17.9. The number of allylic oxidation sites excluding steroid dienone is 2. The molecule has 0 radical (unpaired) electrons. The van der Waals surface area contributed by atoms with E-state index >= 15 is 0 Å². The van der Waals surface area contributed by atoms with Crippen LogP contribution in [0.1, 0.15) is 79.9 Å². The summed E-state index contributed by atoms with van der Waals surface area (Å²) in [6.07, 6.45) is 5.50. The van der Waals surface area contributed by atoms with Crippen LogP contribution in [0.15, 0.2) is 78.9 Å². The number of benzene rings is 3. The lowest BCUT2D eigenvalue weighted by Gasteiger charge is -2.39. The Morgan fingerprint density at radius 3 is 2.15 bits per heavy atom. The summed E-state index contributed by atoms with van der Waals surface area (Å²) in [5, 5.41) is 39.7. The Kier molecular flexibility index (Phi) is 13.0. The molecule has 0 aromatic heterocycles. The van der Waals surface area contributed by atoms with E-state index in [0.717, 1.165) is 22.8 Å². The van der Waals surface area contributed by atoms with Crippen LogP contribution in [-0.2, 0) is 40.0 Å². The minimum Gasteiger partial charge on any atom is -0.481 e. The van der Waals surface area contributed by atoms with E-state index in [1.807, 2.05) is 42.5 Å². The molecule has 4 amide bonds. The van der Waals surface area contributed by atoms with Gasteiger partial charge in [-0.2, -0.15) is 0 Å². The van der Waals surface area contributed by atoms with E-state index in [1.165, 1.54) is 24.3 Å². The normalized spacial score (nSPS) is 22.7. The minimum absolute atomic E-state index is 0.0154. The minimum atomic E-state index is -1.84. The molecule has 55 heavy (non-hydrogen) atoms. The summed E-state index contributed by atoms with van der Waals surface area (Å²) in [7, 11) is 0. The number of carbonyl (C=O) groups is 7. The van der Waals surface area contributed by atoms with Crippen LogP contribution in [0.5, 0.6) is 0 Å². The second-order valence-corrected chi connectivity index (χ2v) is 14.5. The first-order chi connectivity index (χ1) is 26.3. The molecule has 0 saturated heterocycles. The molecule has 290 valence electrons. The quantitative estimate of drug-likeness (QED) is 0.118. The second-order valence-electron chi connectivity index (χ2n) is 14.5. The maximum atomic E-state index is 14.4. The van der Waals surface area contributed by atoms with Crippen molar-refractivity contribution in [3.8, 4) is 0 Å². The molecule has 1 fully saturated rings. The van der Waals surface area contributed by atoms with Gasteiger partial charge in [-0.1, -0.05) is 98.1 Å². The van der Waals surface area contributed by atoms with Gasteiger partial charge in [-0.3, -0.25) is 33.6 Å². The first-order valence-electron chi connectivity index (χ1n) is 18.4. The van der Waals surface area contributed by atoms with Crippen LogP contribution in [0.3, 0.4) is 0 Å². The highest BCUT2D eigenvalue weighted by atomic mass is 16.4. The molecule has 1 aliphatic heterocycles. The van der Waals surface area contributed by atoms with Crippen LogP contribution >= 0.6 is 0 Å². The number of nitrogens with one attached hydrogen (secondary N) is 3. The molecule has 3 aromatic rings. The number of carboxylic acid groups (broad SMARTS) is 3. The monoisotopic (exact) mass is 754 g/mol. The largest absolute Gasteiger partial charge is 0.481 e. The SMILES string of the molecule is NC(=O)C[C@@H]1NC(=O)C2(CCCCC2)NC(=O)[C@@H](CC(=O)O)[C@@H](c2ccc(C(C(=O)O)C(=O)O)cc2)/C=C/C[C@@H](Cc2cccc3ccccc23)CNC1=O. The molecule has 1 spiro atoms. The summed E-state index contributed by atoms with van der Waals surface area (Å²) in [4.78, 5) is 90.2. The molecule has 3 aromatic carbocycles. The first kappa shape index (κ1) is 40.1. The fraction of sp³-hybridized carbons (Fsp3) is 0.390. The number of carboxylic acids is 3. The Labute approximate surface area is 317 Å². The summed E-state index contributed by atoms with van der Waals surface area (Å²) in [6.45, 7) is 0.129. The summed E-state index contributed by atoms with van der Waals surface area (Å²) in [5.74, 6) is -11.5. The molecule has 4 atom stereocenters. The Bertz CT molecular complexity index is 1950. The number of aliphatic carboxylic acids is 3. The highest BCUT2D eigenvalue weighted by Gasteiger charge is 2.45. The van der Waals surface area contributed by atoms with Gasteiger partial charge in [0.25, 0.3) is 0 Å². The van der Waals surface area contributed by atoms with Crippen molar-refractivity contribution in [3.05, 3.63) is 95.6 Å². The zero-order chi connectivity index (χ0) is 39.7. The van der Waals surface area contributed by atoms with Crippen molar-refractivity contribution >= 4 is 52.3 Å². The molecular weight excluding hydrogens is 708 g/mol. The molecule has 14 nitrogen and oxygen atoms in total. The lowest BCUT2D eigenvalue weighted by atomic mass is 9.78. The topological polar surface area (TPSA) is 242 Å². The van der Waals surface area contributed by atoms with Gasteiger partial charge in [-0.05, 0) is 59.1 Å². The van der Waals surface area contributed by atoms with E-state index < -0.39 is 83.7 Å². The molecule has 0 bridgehead atoms. The fourth-order valence-corrected chi connectivity index (χ4v) is 7.76. The number of hydrogen-bond donors (Lipinski definition) is 7. The summed E-state index contributed by atoms with van der Waals surface area (Å²) in [5.41, 5.74) is 5.40. The fourth-order valence-electron chi connectivity index (χ4n) is 7.76. The van der Waals surface area contributed by atoms with Gasteiger partial charge >= 0.3 is 17.9 Å². The third-order valence-corrected chi connectivity index (χ3v) is 10.6. The van der Waals surface area contributed by atoms with Crippen LogP contribution in [0, 0.1) is 11.8 Å². The Morgan fingerprint density at radius 1 is 0.818 bits per heavy atom. The molecule has 1 heterocycles. The Hall–Kier alpha value is -6.05. The first-order valence-corrected chi connectivity index (χ1v) is 18.4. The highest BCUT2D eigenvalue weighted by molar-refractivity contribution is 5.99. The van der Waals surface area contributed by atoms with Crippen molar-refractivity contribution in [1.82, 2.24) is 16.0 Å². The molecule has 1 saturated carbocycles. The van der Waals surface area contributed by atoms with Gasteiger partial charge in [-0.25, -0.2) is 0 Å². The van der Waals surface area contributed by atoms with Crippen LogP contribution in [0.2, 0.25) is 0 Å². The van der Waals surface area contributed by atoms with Crippen molar-refractivity contribution in [2.75, 3.05) is 6.54 Å². The van der Waals surface area contributed by atoms with Crippen molar-refractivity contribution in [2.24, 2.45) is 17.6 Å². The van der Waals surface area contributed by atoms with Gasteiger partial charge in [0.15, 0.2) is 5.92 Å². The van der Waals surface area contributed by atoms with E-state index in [2.05, 4.69) is 16.0 Å². The zero-order valence-corrected chi connectivity index (χ0v) is 30.2. The van der Waals surface area contributed by atoms with E-state index in [4.69, 9.17) is 5.73 Å². The predicted octanol–water partition coefficient (Wildman–Crippen LogP) is 3.38. The van der Waals surface area contributed by atoms with Crippen molar-refractivity contribution in [1.29, 1.82) is 0 Å². The number of rotatable bonds is 10. The van der Waals surface area contributed by atoms with E-state index in [0.29, 0.717) is 31.2 Å². The van der Waals surface area contributed by atoms with Gasteiger partial charge in [0.05, 0.1) is 18.8 Å². The van der Waals surface area contributed by atoms with Crippen molar-refractivity contribution < 1.29 is 48.9 Å². The van der Waals surface area contributed by atoms with E-state index in [1.54, 1.807) is 12.2 Å². The molecule has 1 aliphatic carbocycles. The smallest absolute Gasteiger partial charge is 0.322 e. The van der Waals surface area contributed by atoms with Crippen molar-refractivity contribution in [3.63, 3.8) is 0 Å². The number of carbonyl (C=O) groups excluding carboxylic acids is 4. The molecule has 8 N–H and O–H groups in total. The average Bonchev–Trinajstić information content (AvgIpc) is 3.14. The third-order valence-electron chi connectivity index (χ3n) is 10.6. The van der Waals surface area contributed by atoms with Gasteiger partial charge in [0.1, 0.15) is 11.6 Å². The molecule has 14 heteroatoms. The van der Waals surface area contributed by atoms with Gasteiger partial charge in [-0.15, -0.1) is 0 Å². The number of amides is 4. The lowest BCUT2D eigenvalue weighted by molar-refractivity contribution is -0.150. The van der Waals surface area contributed by atoms with Gasteiger partial charge in [0.2, 0.25) is 23.6 Å². The van der Waals surface area contributed by atoms with E-state index in [9.17, 15) is 48.9 Å². The van der Waals surface area contributed by atoms with Crippen LogP contribution in [-0.4, -0.2) is 75.0 Å². The predicted molar refractivity (Wildman–Crippen MR) is 201 cm³/mol. The molecule has 5 rings (SSSR count). The zero-order valence-electron chi connectivity index (χ0n) is 30.2. The Balaban J connectivity index is 1.60. The number of hydrogen-bond acceptors (Lipinski definition) is 7. The van der Waals surface area contributed by atoms with E-state index in [-0.39, 0.29) is 30.9 Å². The summed E-state index contributed by atoms with van der Waals surface area (Å²) in [6, 6.07) is 18.1. The van der Waals surface area contributed by atoms with Crippen LogP contribution in [0.4, 0.5) is 0 Å². The number of nitrogens with two attached hydrogens (primary N) is 1. The van der Waals surface area contributed by atoms with Gasteiger partial charge < -0.3 is 37.0 Å². The average molecular weight is 755 g/mol. The standard InChI is InChI=1S/C41H46N4O10/c42-33(46)22-32-37(50)43-23-24(20-28-11-7-10-25-9-2-3-12-29(25)28)8-6-13-30(26-14-16-27(17-15-26)35(38(51)52)39(53)54)31(21-34(47)48)36(49)45-41(40(55)44-32)18-4-1-5-19-41/h2-3,6-7,9-17,24,30-32,35H,1,4-5,8,18-23H2,(H2,42,46)(H,43,50)(H,44,55)(H,45,49)(H,47,48)(H,51,52)(H,53,54)/b13-6+/t24-,30+,31-,32-/m0/s1. The van der Waals surface area contributed by atoms with Crippen LogP contribution in [0.25, 0.3) is 10.8 Å². The molecule has 0 unspecified atom stereocenters. The molecular formula is C41H46N4O10. The maximum Gasteiger partial charge on any atom is 0.322 e. The Morgan fingerprint density at radius 2 is 1.49 bits per heavy atom. The summed E-state index contributed by atoms with van der Waals surface area (Å²) >= 11 is 0. The highest BCUT2D eigenvalue weighted by Crippen LogP contribution is 2.35. The number of fused-ring (bicyclic) bond motifs is 1.